The maximum Gasteiger partial charge on any atom is 0.223 e. The summed E-state index contributed by atoms with van der Waals surface area (Å²) in [6.07, 6.45) is 0.655. The molecule has 0 aliphatic carbocycles. The van der Waals surface area contributed by atoms with Crippen LogP contribution in [0.15, 0.2) is 0 Å². The summed E-state index contributed by atoms with van der Waals surface area (Å²) in [7, 11) is 2.17. The standard InChI is InChI=1S/C12H24N4O/c1-14-6-8-15(9-7-14)10-11-16-5-4-13-3-2-12(16)17/h13H,2-11H2,1H3. The Hall–Kier alpha value is -0.650. The third-order valence-corrected chi connectivity index (χ3v) is 3.71. The molecule has 0 aromatic carbocycles. The number of hydrogen-bond acceptors (Lipinski definition) is 4. The SMILES string of the molecule is CN1CCN(CCN2CCNCCC2=O)CC1. The van der Waals surface area contributed by atoms with Gasteiger partial charge in [-0.25, -0.2) is 0 Å². The molecular formula is C12H24N4O. The van der Waals surface area contributed by atoms with E-state index in [9.17, 15) is 4.79 Å². The number of carbonyl (C=O) groups is 1. The van der Waals surface area contributed by atoms with Gasteiger partial charge in [0.05, 0.1) is 0 Å². The molecule has 0 unspecified atom stereocenters. The van der Waals surface area contributed by atoms with Crippen LogP contribution < -0.4 is 5.32 Å². The zero-order chi connectivity index (χ0) is 12.1. The Balaban J connectivity index is 1.71. The van der Waals surface area contributed by atoms with Crippen LogP contribution in [-0.2, 0) is 4.79 Å². The van der Waals surface area contributed by atoms with Gasteiger partial charge < -0.3 is 15.1 Å². The molecule has 0 aromatic rings. The lowest BCUT2D eigenvalue weighted by molar-refractivity contribution is -0.130. The fourth-order valence-corrected chi connectivity index (χ4v) is 2.39. The number of nitrogens with zero attached hydrogens (tertiary/aromatic N) is 3. The molecule has 2 aliphatic heterocycles. The molecular weight excluding hydrogens is 216 g/mol. The molecule has 5 heteroatoms. The Morgan fingerprint density at radius 1 is 1.06 bits per heavy atom. The maximum absolute atomic E-state index is 11.8. The van der Waals surface area contributed by atoms with Crippen molar-refractivity contribution in [3.05, 3.63) is 0 Å². The van der Waals surface area contributed by atoms with E-state index in [0.717, 1.165) is 58.9 Å². The van der Waals surface area contributed by atoms with E-state index in [1.54, 1.807) is 0 Å². The van der Waals surface area contributed by atoms with Gasteiger partial charge in [0.25, 0.3) is 0 Å². The van der Waals surface area contributed by atoms with Crippen molar-refractivity contribution in [3.8, 4) is 0 Å². The zero-order valence-corrected chi connectivity index (χ0v) is 10.8. The highest BCUT2D eigenvalue weighted by Gasteiger charge is 2.18. The van der Waals surface area contributed by atoms with E-state index < -0.39 is 0 Å². The average molecular weight is 240 g/mol. The molecule has 0 radical (unpaired) electrons. The monoisotopic (exact) mass is 240 g/mol. The second kappa shape index (κ2) is 6.33. The summed E-state index contributed by atoms with van der Waals surface area (Å²) in [5.74, 6) is 0.309. The lowest BCUT2D eigenvalue weighted by atomic mass is 10.3. The van der Waals surface area contributed by atoms with Gasteiger partial charge in [0, 0.05) is 65.3 Å². The predicted molar refractivity (Wildman–Crippen MR) is 68.0 cm³/mol. The lowest BCUT2D eigenvalue weighted by Gasteiger charge is -2.33. The van der Waals surface area contributed by atoms with Gasteiger partial charge in [-0.15, -0.1) is 0 Å². The van der Waals surface area contributed by atoms with E-state index in [4.69, 9.17) is 0 Å². The van der Waals surface area contributed by atoms with Gasteiger partial charge in [-0.05, 0) is 7.05 Å². The van der Waals surface area contributed by atoms with Gasteiger partial charge >= 0.3 is 0 Å². The van der Waals surface area contributed by atoms with Crippen LogP contribution in [-0.4, -0.2) is 86.6 Å². The molecule has 2 heterocycles. The van der Waals surface area contributed by atoms with E-state index in [1.807, 2.05) is 4.90 Å². The van der Waals surface area contributed by atoms with Crippen molar-refractivity contribution in [2.45, 2.75) is 6.42 Å². The van der Waals surface area contributed by atoms with Crippen LogP contribution in [0.2, 0.25) is 0 Å². The second-order valence-corrected chi connectivity index (χ2v) is 5.03. The average Bonchev–Trinajstić information content (AvgIpc) is 2.54. The van der Waals surface area contributed by atoms with Crippen molar-refractivity contribution in [2.75, 3.05) is 66.0 Å². The van der Waals surface area contributed by atoms with Crippen molar-refractivity contribution < 1.29 is 4.79 Å². The molecule has 0 spiro atoms. The largest absolute Gasteiger partial charge is 0.340 e. The summed E-state index contributed by atoms with van der Waals surface area (Å²) < 4.78 is 0. The summed E-state index contributed by atoms with van der Waals surface area (Å²) in [5.41, 5.74) is 0. The summed E-state index contributed by atoms with van der Waals surface area (Å²) in [6, 6.07) is 0. The fraction of sp³-hybridized carbons (Fsp3) is 0.917. The topological polar surface area (TPSA) is 38.8 Å². The Morgan fingerprint density at radius 3 is 2.59 bits per heavy atom. The van der Waals surface area contributed by atoms with Crippen molar-refractivity contribution in [1.29, 1.82) is 0 Å². The molecule has 2 aliphatic rings. The minimum absolute atomic E-state index is 0.309. The predicted octanol–water partition coefficient (Wildman–Crippen LogP) is -0.944. The van der Waals surface area contributed by atoms with E-state index in [2.05, 4.69) is 22.2 Å². The third-order valence-electron chi connectivity index (χ3n) is 3.71. The zero-order valence-electron chi connectivity index (χ0n) is 10.8. The van der Waals surface area contributed by atoms with Crippen LogP contribution in [0.3, 0.4) is 0 Å². The molecule has 2 rings (SSSR count). The number of nitrogens with one attached hydrogen (secondary N) is 1. The Labute approximate surface area is 104 Å². The van der Waals surface area contributed by atoms with Crippen LogP contribution in [0.5, 0.6) is 0 Å². The van der Waals surface area contributed by atoms with Gasteiger partial charge in [0.1, 0.15) is 0 Å². The van der Waals surface area contributed by atoms with Crippen molar-refractivity contribution >= 4 is 5.91 Å². The summed E-state index contributed by atoms with van der Waals surface area (Å²) >= 11 is 0. The molecule has 0 bridgehead atoms. The maximum atomic E-state index is 11.8. The Bertz CT molecular complexity index is 251. The Kier molecular flexibility index (Phi) is 4.76. The number of rotatable bonds is 3. The molecule has 1 N–H and O–H groups in total. The molecule has 2 saturated heterocycles. The van der Waals surface area contributed by atoms with Crippen LogP contribution in [0, 0.1) is 0 Å². The van der Waals surface area contributed by atoms with Crippen LogP contribution in [0.4, 0.5) is 0 Å². The molecule has 1 amide bonds. The smallest absolute Gasteiger partial charge is 0.223 e. The van der Waals surface area contributed by atoms with Gasteiger partial charge in [-0.2, -0.15) is 0 Å². The van der Waals surface area contributed by atoms with Gasteiger partial charge in [0.2, 0.25) is 5.91 Å². The molecule has 98 valence electrons. The molecule has 0 atom stereocenters. The lowest BCUT2D eigenvalue weighted by Crippen LogP contribution is -2.47. The normalized spacial score (nSPS) is 25.0. The van der Waals surface area contributed by atoms with Crippen LogP contribution in [0.1, 0.15) is 6.42 Å². The van der Waals surface area contributed by atoms with Crippen LogP contribution >= 0.6 is 0 Å². The number of hydrogen-bond donors (Lipinski definition) is 1. The molecule has 0 saturated carbocycles. The number of amides is 1. The molecule has 0 aromatic heterocycles. The summed E-state index contributed by atoms with van der Waals surface area (Å²) in [4.78, 5) is 18.6. The highest BCUT2D eigenvalue weighted by molar-refractivity contribution is 5.76. The fourth-order valence-electron chi connectivity index (χ4n) is 2.39. The minimum atomic E-state index is 0.309. The van der Waals surface area contributed by atoms with Crippen LogP contribution in [0.25, 0.3) is 0 Å². The van der Waals surface area contributed by atoms with Crippen molar-refractivity contribution in [1.82, 2.24) is 20.0 Å². The molecule has 5 nitrogen and oxygen atoms in total. The highest BCUT2D eigenvalue weighted by Crippen LogP contribution is 2.02. The van der Waals surface area contributed by atoms with Crippen molar-refractivity contribution in [2.24, 2.45) is 0 Å². The van der Waals surface area contributed by atoms with Crippen molar-refractivity contribution in [3.63, 3.8) is 0 Å². The Morgan fingerprint density at radius 2 is 1.82 bits per heavy atom. The first-order valence-corrected chi connectivity index (χ1v) is 6.65. The van der Waals surface area contributed by atoms with Gasteiger partial charge in [0.15, 0.2) is 0 Å². The summed E-state index contributed by atoms with van der Waals surface area (Å²) in [6.45, 7) is 9.13. The van der Waals surface area contributed by atoms with Gasteiger partial charge in [-0.3, -0.25) is 9.69 Å². The first-order valence-electron chi connectivity index (χ1n) is 6.65. The first kappa shape index (κ1) is 12.8. The molecule has 17 heavy (non-hydrogen) atoms. The minimum Gasteiger partial charge on any atom is -0.340 e. The van der Waals surface area contributed by atoms with E-state index in [1.165, 1.54) is 0 Å². The van der Waals surface area contributed by atoms with E-state index in [-0.39, 0.29) is 0 Å². The third kappa shape index (κ3) is 3.94. The van der Waals surface area contributed by atoms with E-state index >= 15 is 0 Å². The second-order valence-electron chi connectivity index (χ2n) is 5.03. The number of carbonyl (C=O) groups excluding carboxylic acids is 1. The first-order chi connectivity index (χ1) is 8.25. The number of likely N-dealkylation sites (N-methyl/N-ethyl adjacent to an activating group) is 1. The van der Waals surface area contributed by atoms with Gasteiger partial charge in [-0.1, -0.05) is 0 Å². The summed E-state index contributed by atoms with van der Waals surface area (Å²) in [5, 5.41) is 3.27. The highest BCUT2D eigenvalue weighted by atomic mass is 16.2. The molecule has 2 fully saturated rings. The van der Waals surface area contributed by atoms with E-state index in [0.29, 0.717) is 12.3 Å². The number of piperazine rings is 1. The quantitative estimate of drug-likeness (QED) is 0.691.